The Balaban J connectivity index is 1.53. The highest BCUT2D eigenvalue weighted by molar-refractivity contribution is 5.94. The van der Waals surface area contributed by atoms with Crippen LogP contribution in [-0.2, 0) is 11.3 Å². The summed E-state index contributed by atoms with van der Waals surface area (Å²) in [5.41, 5.74) is 3.43. The van der Waals surface area contributed by atoms with Crippen LogP contribution in [-0.4, -0.2) is 45.0 Å². The van der Waals surface area contributed by atoms with Crippen molar-refractivity contribution in [2.24, 2.45) is 0 Å². The molecule has 1 amide bonds. The number of aromatic nitrogens is 3. The van der Waals surface area contributed by atoms with E-state index in [2.05, 4.69) is 15.0 Å². The Morgan fingerprint density at radius 1 is 1.04 bits per heavy atom. The van der Waals surface area contributed by atoms with Gasteiger partial charge in [-0.15, -0.1) is 0 Å². The van der Waals surface area contributed by atoms with Crippen molar-refractivity contribution >= 4 is 5.91 Å². The first-order valence-electron chi connectivity index (χ1n) is 9.46. The number of carbonyl (C=O) groups is 1. The van der Waals surface area contributed by atoms with Crippen LogP contribution < -0.4 is 0 Å². The topological polar surface area (TPSA) is 68.2 Å². The Morgan fingerprint density at radius 2 is 1.86 bits per heavy atom. The number of amides is 1. The van der Waals surface area contributed by atoms with Gasteiger partial charge in [-0.1, -0.05) is 12.1 Å². The molecule has 1 unspecified atom stereocenters. The summed E-state index contributed by atoms with van der Waals surface area (Å²) in [4.78, 5) is 27.5. The first-order valence-corrected chi connectivity index (χ1v) is 9.46. The van der Waals surface area contributed by atoms with Gasteiger partial charge in [0.1, 0.15) is 0 Å². The maximum Gasteiger partial charge on any atom is 0.254 e. The van der Waals surface area contributed by atoms with Crippen molar-refractivity contribution < 1.29 is 9.53 Å². The lowest BCUT2D eigenvalue weighted by atomic mass is 10.1. The molecular formula is C22H22N4O2. The van der Waals surface area contributed by atoms with E-state index in [0.29, 0.717) is 18.7 Å². The maximum atomic E-state index is 13.2. The first kappa shape index (κ1) is 18.3. The molecule has 6 nitrogen and oxygen atoms in total. The number of benzene rings is 1. The molecule has 1 aliphatic heterocycles. The lowest BCUT2D eigenvalue weighted by molar-refractivity contribution is 0.0507. The molecular weight excluding hydrogens is 352 g/mol. The Kier molecular flexibility index (Phi) is 5.68. The molecule has 6 heteroatoms. The molecule has 1 aliphatic rings. The molecule has 28 heavy (non-hydrogen) atoms. The van der Waals surface area contributed by atoms with Crippen molar-refractivity contribution in [3.8, 4) is 11.3 Å². The lowest BCUT2D eigenvalue weighted by Gasteiger charge is -2.26. The fraction of sp³-hybridized carbons (Fsp3) is 0.273. The lowest BCUT2D eigenvalue weighted by Crippen LogP contribution is -2.37. The van der Waals surface area contributed by atoms with Gasteiger partial charge in [0.25, 0.3) is 5.91 Å². The van der Waals surface area contributed by atoms with Crippen LogP contribution in [0.3, 0.4) is 0 Å². The Labute approximate surface area is 164 Å². The quantitative estimate of drug-likeness (QED) is 0.662. The molecule has 1 saturated heterocycles. The second-order valence-electron chi connectivity index (χ2n) is 6.84. The predicted molar refractivity (Wildman–Crippen MR) is 105 cm³/mol. The third kappa shape index (κ3) is 4.40. The third-order valence-corrected chi connectivity index (χ3v) is 4.85. The molecule has 0 aliphatic carbocycles. The van der Waals surface area contributed by atoms with Crippen LogP contribution in [0.15, 0.2) is 67.4 Å². The van der Waals surface area contributed by atoms with E-state index >= 15 is 0 Å². The molecule has 0 radical (unpaired) electrons. The van der Waals surface area contributed by atoms with Gasteiger partial charge in [0.15, 0.2) is 0 Å². The minimum Gasteiger partial charge on any atom is -0.376 e. The number of rotatable bonds is 6. The van der Waals surface area contributed by atoms with E-state index in [1.54, 1.807) is 31.0 Å². The zero-order valence-electron chi connectivity index (χ0n) is 15.6. The predicted octanol–water partition coefficient (Wildman–Crippen LogP) is 3.36. The van der Waals surface area contributed by atoms with E-state index in [9.17, 15) is 4.79 Å². The zero-order valence-corrected chi connectivity index (χ0v) is 15.6. The molecule has 3 heterocycles. The summed E-state index contributed by atoms with van der Waals surface area (Å²) in [5, 5.41) is 0. The van der Waals surface area contributed by atoms with E-state index in [-0.39, 0.29) is 12.0 Å². The van der Waals surface area contributed by atoms with E-state index in [1.807, 2.05) is 41.3 Å². The summed E-state index contributed by atoms with van der Waals surface area (Å²) < 4.78 is 5.76. The molecule has 1 aromatic carbocycles. The number of carbonyl (C=O) groups excluding carboxylic acids is 1. The molecule has 0 saturated carbocycles. The fourth-order valence-electron chi connectivity index (χ4n) is 3.38. The van der Waals surface area contributed by atoms with Crippen LogP contribution in [0, 0.1) is 0 Å². The summed E-state index contributed by atoms with van der Waals surface area (Å²) >= 11 is 0. The molecule has 0 N–H and O–H groups in total. The van der Waals surface area contributed by atoms with Gasteiger partial charge in [-0.2, -0.15) is 0 Å². The standard InChI is InChI=1S/C22H22N4O2/c27-22(19-5-3-18(4-6-19)21-14-24-11-12-25-21)26(16-20-2-1-13-28-20)15-17-7-9-23-10-8-17/h3-12,14,20H,1-2,13,15-16H2. The van der Waals surface area contributed by atoms with Gasteiger partial charge >= 0.3 is 0 Å². The van der Waals surface area contributed by atoms with Crippen molar-refractivity contribution in [1.82, 2.24) is 19.9 Å². The molecule has 3 aromatic rings. The van der Waals surface area contributed by atoms with Gasteiger partial charge in [-0.3, -0.25) is 19.7 Å². The number of ether oxygens (including phenoxy) is 1. The Morgan fingerprint density at radius 3 is 2.54 bits per heavy atom. The zero-order chi connectivity index (χ0) is 19.2. The summed E-state index contributed by atoms with van der Waals surface area (Å²) in [6, 6.07) is 11.4. The molecule has 0 bridgehead atoms. The molecule has 142 valence electrons. The third-order valence-electron chi connectivity index (χ3n) is 4.85. The molecule has 2 aromatic heterocycles. The molecule has 1 atom stereocenters. The van der Waals surface area contributed by atoms with Gasteiger partial charge < -0.3 is 9.64 Å². The van der Waals surface area contributed by atoms with Crippen LogP contribution >= 0.6 is 0 Å². The molecule has 1 fully saturated rings. The number of pyridine rings is 1. The van der Waals surface area contributed by atoms with Crippen molar-refractivity contribution in [3.63, 3.8) is 0 Å². The Hall–Kier alpha value is -3.12. The molecule has 4 rings (SSSR count). The van der Waals surface area contributed by atoms with E-state index in [0.717, 1.165) is 36.3 Å². The Bertz CT molecular complexity index is 895. The highest BCUT2D eigenvalue weighted by atomic mass is 16.5. The highest BCUT2D eigenvalue weighted by Crippen LogP contribution is 2.20. The monoisotopic (exact) mass is 374 g/mol. The van der Waals surface area contributed by atoms with Crippen LogP contribution in [0.1, 0.15) is 28.8 Å². The second kappa shape index (κ2) is 8.71. The van der Waals surface area contributed by atoms with Gasteiger partial charge in [-0.05, 0) is 42.7 Å². The first-order chi connectivity index (χ1) is 13.8. The summed E-state index contributed by atoms with van der Waals surface area (Å²) in [6.07, 6.45) is 10.7. The summed E-state index contributed by atoms with van der Waals surface area (Å²) in [6.45, 7) is 1.90. The maximum absolute atomic E-state index is 13.2. The summed E-state index contributed by atoms with van der Waals surface area (Å²) in [7, 11) is 0. The minimum atomic E-state index is -0.00184. The van der Waals surface area contributed by atoms with Gasteiger partial charge in [0.2, 0.25) is 0 Å². The number of hydrogen-bond acceptors (Lipinski definition) is 5. The second-order valence-corrected chi connectivity index (χ2v) is 6.84. The highest BCUT2D eigenvalue weighted by Gasteiger charge is 2.23. The average molecular weight is 374 g/mol. The largest absolute Gasteiger partial charge is 0.376 e. The van der Waals surface area contributed by atoms with E-state index < -0.39 is 0 Å². The van der Waals surface area contributed by atoms with Crippen LogP contribution in [0.2, 0.25) is 0 Å². The van der Waals surface area contributed by atoms with E-state index in [1.165, 1.54) is 0 Å². The van der Waals surface area contributed by atoms with Gasteiger partial charge in [0.05, 0.1) is 18.0 Å². The fourth-order valence-corrected chi connectivity index (χ4v) is 3.38. The van der Waals surface area contributed by atoms with E-state index in [4.69, 9.17) is 4.74 Å². The number of hydrogen-bond donors (Lipinski definition) is 0. The van der Waals surface area contributed by atoms with Crippen molar-refractivity contribution in [1.29, 1.82) is 0 Å². The van der Waals surface area contributed by atoms with Gasteiger partial charge in [0, 0.05) is 55.6 Å². The van der Waals surface area contributed by atoms with Crippen LogP contribution in [0.5, 0.6) is 0 Å². The average Bonchev–Trinajstić information content (AvgIpc) is 3.27. The van der Waals surface area contributed by atoms with Crippen molar-refractivity contribution in [2.45, 2.75) is 25.5 Å². The summed E-state index contributed by atoms with van der Waals surface area (Å²) in [5.74, 6) is -0.00184. The molecule has 0 spiro atoms. The number of nitrogens with zero attached hydrogens (tertiary/aromatic N) is 4. The smallest absolute Gasteiger partial charge is 0.254 e. The van der Waals surface area contributed by atoms with Crippen molar-refractivity contribution in [3.05, 3.63) is 78.5 Å². The normalized spacial score (nSPS) is 16.1. The van der Waals surface area contributed by atoms with Crippen LogP contribution in [0.4, 0.5) is 0 Å². The van der Waals surface area contributed by atoms with Gasteiger partial charge in [-0.25, -0.2) is 0 Å². The minimum absolute atomic E-state index is 0.00184. The van der Waals surface area contributed by atoms with Crippen molar-refractivity contribution in [2.75, 3.05) is 13.2 Å². The SMILES string of the molecule is O=C(c1ccc(-c2cnccn2)cc1)N(Cc1ccncc1)CC1CCCO1. The van der Waals surface area contributed by atoms with Crippen LogP contribution in [0.25, 0.3) is 11.3 Å².